The van der Waals surface area contributed by atoms with E-state index in [0.29, 0.717) is 26.3 Å². The fourth-order valence-electron chi connectivity index (χ4n) is 0.925. The normalized spacial score (nSPS) is 18.7. The first-order valence-corrected chi connectivity index (χ1v) is 3.39. The van der Waals surface area contributed by atoms with E-state index in [9.17, 15) is 4.79 Å². The maximum atomic E-state index is 10.9. The molecule has 1 rings (SSSR count). The average molecular weight is 146 g/mol. The minimum atomic E-state index is -0.0108. The van der Waals surface area contributed by atoms with Crippen LogP contribution in [0, 0.1) is 0 Å². The van der Waals surface area contributed by atoms with Gasteiger partial charge in [-0.05, 0) is 0 Å². The molecule has 0 aliphatic carbocycles. The van der Waals surface area contributed by atoms with Crippen LogP contribution in [0.2, 0.25) is 0 Å². The molecule has 0 unspecified atom stereocenters. The van der Waals surface area contributed by atoms with E-state index in [1.54, 1.807) is 11.9 Å². The first-order valence-electron chi connectivity index (χ1n) is 3.39. The molecule has 60 valence electrons. The first-order chi connectivity index (χ1) is 4.84. The summed E-state index contributed by atoms with van der Waals surface area (Å²) in [5.74, 6) is 0. The molecule has 0 radical (unpaired) electrons. The molecule has 0 aromatic heterocycles. The van der Waals surface area contributed by atoms with Gasteiger partial charge in [0.2, 0.25) is 0 Å². The maximum absolute atomic E-state index is 10.9. The molecular formula is C6H14N2O2. The van der Waals surface area contributed by atoms with Gasteiger partial charge in [-0.1, -0.05) is 0 Å². The van der Waals surface area contributed by atoms with Crippen molar-refractivity contribution in [2.24, 2.45) is 0 Å². The van der Waals surface area contributed by atoms with Crippen LogP contribution in [0.1, 0.15) is 1.43 Å². The number of rotatable bonds is 0. The van der Waals surface area contributed by atoms with E-state index in [4.69, 9.17) is 4.74 Å². The van der Waals surface area contributed by atoms with Crippen LogP contribution in [-0.2, 0) is 4.74 Å². The monoisotopic (exact) mass is 146 g/mol. The van der Waals surface area contributed by atoms with Crippen molar-refractivity contribution in [2.45, 2.75) is 0 Å². The predicted octanol–water partition coefficient (Wildman–Crippen LogP) is -0.0960. The molecule has 0 aromatic carbocycles. The maximum Gasteiger partial charge on any atom is 0.317 e. The number of ether oxygens (including phenoxy) is 1. The quantitative estimate of drug-likeness (QED) is 0.518. The summed E-state index contributed by atoms with van der Waals surface area (Å²) in [5.41, 5.74) is 0. The fourth-order valence-corrected chi connectivity index (χ4v) is 0.925. The van der Waals surface area contributed by atoms with Gasteiger partial charge in [0.15, 0.2) is 0 Å². The Bertz CT molecular complexity index is 126. The molecule has 1 aliphatic heterocycles. The number of amides is 2. The smallest absolute Gasteiger partial charge is 0.317 e. The molecule has 2 amide bonds. The van der Waals surface area contributed by atoms with Gasteiger partial charge in [0.25, 0.3) is 0 Å². The van der Waals surface area contributed by atoms with E-state index in [2.05, 4.69) is 5.32 Å². The molecule has 1 aliphatic rings. The minimum absolute atomic E-state index is 0. The zero-order chi connectivity index (χ0) is 7.40. The second-order valence-electron chi connectivity index (χ2n) is 2.15. The molecule has 0 saturated carbocycles. The number of morpholine rings is 1. The van der Waals surface area contributed by atoms with Crippen LogP contribution in [0.4, 0.5) is 4.79 Å². The summed E-state index contributed by atoms with van der Waals surface area (Å²) in [7, 11) is 1.64. The summed E-state index contributed by atoms with van der Waals surface area (Å²) in [6, 6.07) is -0.0108. The SMILES string of the molecule is CNC(=O)N1CCOCC1.[HH]. The molecular weight excluding hydrogens is 132 g/mol. The van der Waals surface area contributed by atoms with Gasteiger partial charge in [0, 0.05) is 21.6 Å². The topological polar surface area (TPSA) is 41.6 Å². The van der Waals surface area contributed by atoms with Gasteiger partial charge >= 0.3 is 6.03 Å². The zero-order valence-electron chi connectivity index (χ0n) is 6.09. The van der Waals surface area contributed by atoms with Crippen molar-refractivity contribution in [2.75, 3.05) is 33.4 Å². The third kappa shape index (κ3) is 1.60. The highest BCUT2D eigenvalue weighted by molar-refractivity contribution is 5.73. The predicted molar refractivity (Wildman–Crippen MR) is 39.0 cm³/mol. The first kappa shape index (κ1) is 7.34. The lowest BCUT2D eigenvalue weighted by Crippen LogP contribution is -2.44. The van der Waals surface area contributed by atoms with Gasteiger partial charge in [0.1, 0.15) is 0 Å². The Kier molecular flexibility index (Phi) is 2.50. The van der Waals surface area contributed by atoms with Crippen molar-refractivity contribution in [3.63, 3.8) is 0 Å². The number of hydrogen-bond donors (Lipinski definition) is 1. The van der Waals surface area contributed by atoms with Crippen molar-refractivity contribution < 1.29 is 11.0 Å². The van der Waals surface area contributed by atoms with Crippen LogP contribution in [0.25, 0.3) is 0 Å². The van der Waals surface area contributed by atoms with Gasteiger partial charge in [-0.25, -0.2) is 4.79 Å². The lowest BCUT2D eigenvalue weighted by Gasteiger charge is -2.26. The minimum Gasteiger partial charge on any atom is -0.378 e. The van der Waals surface area contributed by atoms with Crippen LogP contribution in [0.3, 0.4) is 0 Å². The fraction of sp³-hybridized carbons (Fsp3) is 0.833. The number of hydrogen-bond acceptors (Lipinski definition) is 2. The van der Waals surface area contributed by atoms with Crippen LogP contribution in [-0.4, -0.2) is 44.3 Å². The van der Waals surface area contributed by atoms with Crippen LogP contribution in [0.15, 0.2) is 0 Å². The third-order valence-corrected chi connectivity index (χ3v) is 1.51. The van der Waals surface area contributed by atoms with E-state index in [1.165, 1.54) is 0 Å². The molecule has 1 saturated heterocycles. The van der Waals surface area contributed by atoms with Crippen LogP contribution in [0.5, 0.6) is 0 Å². The van der Waals surface area contributed by atoms with Crippen molar-refractivity contribution in [1.82, 2.24) is 10.2 Å². The standard InChI is InChI=1S/C6H12N2O2.H2/c1-7-6(9)8-2-4-10-5-3-8;/h2-5H2,1H3,(H,7,9);1H. The van der Waals surface area contributed by atoms with Gasteiger partial charge in [-0.2, -0.15) is 0 Å². The molecule has 0 spiro atoms. The number of carbonyl (C=O) groups is 1. The van der Waals surface area contributed by atoms with Gasteiger partial charge in [0.05, 0.1) is 13.2 Å². The van der Waals surface area contributed by atoms with Gasteiger partial charge in [-0.15, -0.1) is 0 Å². The highest BCUT2D eigenvalue weighted by atomic mass is 16.5. The van der Waals surface area contributed by atoms with Crippen LogP contribution < -0.4 is 5.32 Å². The molecule has 0 atom stereocenters. The number of carbonyl (C=O) groups excluding carboxylic acids is 1. The van der Waals surface area contributed by atoms with E-state index >= 15 is 0 Å². The summed E-state index contributed by atoms with van der Waals surface area (Å²) in [4.78, 5) is 12.7. The lowest BCUT2D eigenvalue weighted by molar-refractivity contribution is 0.0537. The summed E-state index contributed by atoms with van der Waals surface area (Å²) in [5, 5.41) is 2.57. The van der Waals surface area contributed by atoms with Crippen molar-refractivity contribution in [1.29, 1.82) is 0 Å². The Balaban J connectivity index is 0.000001000. The summed E-state index contributed by atoms with van der Waals surface area (Å²) >= 11 is 0. The molecule has 1 fully saturated rings. The Labute approximate surface area is 61.6 Å². The van der Waals surface area contributed by atoms with Crippen LogP contribution >= 0.6 is 0 Å². The number of nitrogens with one attached hydrogen (secondary N) is 1. The summed E-state index contributed by atoms with van der Waals surface area (Å²) in [6.45, 7) is 2.74. The van der Waals surface area contributed by atoms with Crippen molar-refractivity contribution >= 4 is 6.03 Å². The van der Waals surface area contributed by atoms with E-state index < -0.39 is 0 Å². The molecule has 4 nitrogen and oxygen atoms in total. The van der Waals surface area contributed by atoms with Gasteiger partial charge < -0.3 is 15.0 Å². The van der Waals surface area contributed by atoms with Crippen molar-refractivity contribution in [3.05, 3.63) is 0 Å². The number of urea groups is 1. The highest BCUT2D eigenvalue weighted by Crippen LogP contribution is 1.95. The highest BCUT2D eigenvalue weighted by Gasteiger charge is 2.14. The number of nitrogens with zero attached hydrogens (tertiary/aromatic N) is 1. The second kappa shape index (κ2) is 3.41. The molecule has 0 aromatic rings. The molecule has 1 heterocycles. The van der Waals surface area contributed by atoms with E-state index in [-0.39, 0.29) is 7.46 Å². The molecule has 1 N–H and O–H groups in total. The average Bonchev–Trinajstić information content (AvgIpc) is 2.05. The third-order valence-electron chi connectivity index (χ3n) is 1.51. The van der Waals surface area contributed by atoms with E-state index in [1.807, 2.05) is 0 Å². The Hall–Kier alpha value is -0.770. The van der Waals surface area contributed by atoms with E-state index in [0.717, 1.165) is 0 Å². The molecule has 10 heavy (non-hydrogen) atoms. The molecule has 4 heteroatoms. The Morgan fingerprint density at radius 1 is 1.60 bits per heavy atom. The largest absolute Gasteiger partial charge is 0.378 e. The molecule has 0 bridgehead atoms. The Morgan fingerprint density at radius 3 is 2.70 bits per heavy atom. The second-order valence-corrected chi connectivity index (χ2v) is 2.15. The summed E-state index contributed by atoms with van der Waals surface area (Å²) in [6.07, 6.45) is 0. The summed E-state index contributed by atoms with van der Waals surface area (Å²) < 4.78 is 5.07. The van der Waals surface area contributed by atoms with Gasteiger partial charge in [-0.3, -0.25) is 0 Å². The zero-order valence-corrected chi connectivity index (χ0v) is 6.09. The van der Waals surface area contributed by atoms with Crippen molar-refractivity contribution in [3.8, 4) is 0 Å². The lowest BCUT2D eigenvalue weighted by atomic mass is 10.4. The Morgan fingerprint density at radius 2 is 2.20 bits per heavy atom.